The highest BCUT2D eigenvalue weighted by atomic mass is 19.1. The molecule has 4 nitrogen and oxygen atoms in total. The second kappa shape index (κ2) is 4.74. The van der Waals surface area contributed by atoms with Crippen LogP contribution in [0.15, 0.2) is 18.2 Å². The van der Waals surface area contributed by atoms with Crippen LogP contribution in [0.4, 0.5) is 4.39 Å². The van der Waals surface area contributed by atoms with E-state index in [1.807, 2.05) is 0 Å². The average molecular weight is 226 g/mol. The maximum atomic E-state index is 13.3. The third kappa shape index (κ3) is 2.79. The molecule has 1 aromatic rings. The van der Waals surface area contributed by atoms with Gasteiger partial charge in [0, 0.05) is 6.07 Å². The Hall–Kier alpha value is -1.91. The number of ether oxygens (including phenoxy) is 1. The first kappa shape index (κ1) is 12.2. The number of rotatable bonds is 4. The Balaban J connectivity index is 2.89. The molecule has 0 amide bonds. The molecular weight excluding hydrogens is 215 g/mol. The summed E-state index contributed by atoms with van der Waals surface area (Å²) in [5.74, 6) is -2.17. The van der Waals surface area contributed by atoms with Crippen molar-refractivity contribution in [3.05, 3.63) is 29.6 Å². The number of Topliss-reactive ketones (excluding diaryl/α,β-unsaturated/α-hetero) is 1. The van der Waals surface area contributed by atoms with E-state index in [0.29, 0.717) is 0 Å². The topological polar surface area (TPSA) is 63.6 Å². The van der Waals surface area contributed by atoms with E-state index in [1.54, 1.807) is 0 Å². The summed E-state index contributed by atoms with van der Waals surface area (Å²) in [7, 11) is 0. The van der Waals surface area contributed by atoms with Crippen LogP contribution in [0.1, 0.15) is 24.2 Å². The zero-order valence-electron chi connectivity index (χ0n) is 8.86. The fraction of sp³-hybridized carbons (Fsp3) is 0.273. The van der Waals surface area contributed by atoms with Crippen molar-refractivity contribution < 1.29 is 23.8 Å². The average Bonchev–Trinajstić information content (AvgIpc) is 2.16. The van der Waals surface area contributed by atoms with Gasteiger partial charge in [0.1, 0.15) is 11.6 Å². The largest absolute Gasteiger partial charge is 0.479 e. The molecule has 0 aliphatic carbocycles. The van der Waals surface area contributed by atoms with E-state index in [1.165, 1.54) is 26.0 Å². The van der Waals surface area contributed by atoms with Crippen molar-refractivity contribution in [3.63, 3.8) is 0 Å². The van der Waals surface area contributed by atoms with Gasteiger partial charge in [0.05, 0.1) is 5.56 Å². The number of benzene rings is 1. The number of hydrogen-bond acceptors (Lipinski definition) is 3. The van der Waals surface area contributed by atoms with Gasteiger partial charge in [0.2, 0.25) is 0 Å². The van der Waals surface area contributed by atoms with Gasteiger partial charge in [-0.15, -0.1) is 0 Å². The SMILES string of the molecule is CC(=O)c1ccc(O[C@H](C)C(=O)O)cc1F. The van der Waals surface area contributed by atoms with Crippen LogP contribution >= 0.6 is 0 Å². The second-order valence-corrected chi connectivity index (χ2v) is 3.30. The van der Waals surface area contributed by atoms with Crippen molar-refractivity contribution in [2.45, 2.75) is 20.0 Å². The standard InChI is InChI=1S/C11H11FO4/c1-6(13)9-4-3-8(5-10(9)12)16-7(2)11(14)15/h3-5,7H,1-2H3,(H,14,15)/t7-/m1/s1. The Morgan fingerprint density at radius 1 is 1.44 bits per heavy atom. The van der Waals surface area contributed by atoms with Crippen LogP contribution in [0, 0.1) is 5.82 Å². The molecule has 0 heterocycles. The van der Waals surface area contributed by atoms with Gasteiger partial charge in [-0.2, -0.15) is 0 Å². The van der Waals surface area contributed by atoms with E-state index in [0.717, 1.165) is 6.07 Å². The highest BCUT2D eigenvalue weighted by Crippen LogP contribution is 2.18. The lowest BCUT2D eigenvalue weighted by Crippen LogP contribution is -2.22. The van der Waals surface area contributed by atoms with Crippen LogP contribution in [0.25, 0.3) is 0 Å². The Morgan fingerprint density at radius 3 is 2.50 bits per heavy atom. The predicted molar refractivity (Wildman–Crippen MR) is 54.1 cm³/mol. The summed E-state index contributed by atoms with van der Waals surface area (Å²) in [6, 6.07) is 3.62. The summed E-state index contributed by atoms with van der Waals surface area (Å²) in [5, 5.41) is 8.58. The van der Waals surface area contributed by atoms with Crippen LogP contribution in [0.2, 0.25) is 0 Å². The van der Waals surface area contributed by atoms with Gasteiger partial charge in [-0.25, -0.2) is 9.18 Å². The number of hydrogen-bond donors (Lipinski definition) is 1. The fourth-order valence-electron chi connectivity index (χ4n) is 1.11. The van der Waals surface area contributed by atoms with Crippen LogP contribution in [0.5, 0.6) is 5.75 Å². The van der Waals surface area contributed by atoms with Crippen molar-refractivity contribution in [1.82, 2.24) is 0 Å². The number of carboxylic acid groups (broad SMARTS) is 1. The summed E-state index contributed by atoms with van der Waals surface area (Å²) in [4.78, 5) is 21.4. The first-order valence-corrected chi connectivity index (χ1v) is 4.61. The minimum absolute atomic E-state index is 0.0460. The molecule has 0 saturated carbocycles. The summed E-state index contributed by atoms with van der Waals surface area (Å²) in [6.45, 7) is 2.58. The van der Waals surface area contributed by atoms with Gasteiger partial charge >= 0.3 is 5.97 Å². The number of carboxylic acids is 1. The maximum Gasteiger partial charge on any atom is 0.344 e. The lowest BCUT2D eigenvalue weighted by atomic mass is 10.1. The molecule has 0 aliphatic heterocycles. The summed E-state index contributed by atoms with van der Waals surface area (Å²) in [6.07, 6.45) is -1.07. The van der Waals surface area contributed by atoms with Gasteiger partial charge in [-0.3, -0.25) is 4.79 Å². The Labute approximate surface area is 91.7 Å². The molecule has 0 unspecified atom stereocenters. The molecule has 16 heavy (non-hydrogen) atoms. The van der Waals surface area contributed by atoms with Crippen molar-refractivity contribution in [2.75, 3.05) is 0 Å². The molecule has 1 N–H and O–H groups in total. The van der Waals surface area contributed by atoms with Gasteiger partial charge in [0.25, 0.3) is 0 Å². The minimum atomic E-state index is -1.14. The highest BCUT2D eigenvalue weighted by molar-refractivity contribution is 5.94. The summed E-state index contributed by atoms with van der Waals surface area (Å²) >= 11 is 0. The van der Waals surface area contributed by atoms with Crippen LogP contribution in [-0.4, -0.2) is 23.0 Å². The number of ketones is 1. The molecular formula is C11H11FO4. The van der Waals surface area contributed by atoms with Crippen molar-refractivity contribution in [2.24, 2.45) is 0 Å². The molecule has 1 rings (SSSR count). The van der Waals surface area contributed by atoms with E-state index in [4.69, 9.17) is 9.84 Å². The lowest BCUT2D eigenvalue weighted by Gasteiger charge is -2.10. The van der Waals surface area contributed by atoms with Gasteiger partial charge in [-0.1, -0.05) is 0 Å². The molecule has 0 aromatic heterocycles. The second-order valence-electron chi connectivity index (χ2n) is 3.30. The zero-order chi connectivity index (χ0) is 12.3. The van der Waals surface area contributed by atoms with Crippen LogP contribution in [-0.2, 0) is 4.79 Å². The molecule has 1 aromatic carbocycles. The molecule has 0 spiro atoms. The molecule has 1 atom stereocenters. The Morgan fingerprint density at radius 2 is 2.06 bits per heavy atom. The number of carbonyl (C=O) groups is 2. The van der Waals surface area contributed by atoms with Crippen molar-refractivity contribution >= 4 is 11.8 Å². The molecule has 0 bridgehead atoms. The zero-order valence-corrected chi connectivity index (χ0v) is 8.86. The van der Waals surface area contributed by atoms with E-state index in [-0.39, 0.29) is 11.3 Å². The number of carbonyl (C=O) groups excluding carboxylic acids is 1. The molecule has 0 saturated heterocycles. The number of aliphatic carboxylic acids is 1. The van der Waals surface area contributed by atoms with E-state index in [9.17, 15) is 14.0 Å². The highest BCUT2D eigenvalue weighted by Gasteiger charge is 2.14. The molecule has 0 radical (unpaired) electrons. The third-order valence-corrected chi connectivity index (χ3v) is 1.98. The van der Waals surface area contributed by atoms with Crippen LogP contribution < -0.4 is 4.74 Å². The molecule has 0 aliphatic rings. The smallest absolute Gasteiger partial charge is 0.344 e. The maximum absolute atomic E-state index is 13.3. The summed E-state index contributed by atoms with van der Waals surface area (Å²) < 4.78 is 18.2. The Kier molecular flexibility index (Phi) is 3.60. The first-order valence-electron chi connectivity index (χ1n) is 4.61. The first-order chi connectivity index (χ1) is 7.41. The van der Waals surface area contributed by atoms with E-state index < -0.39 is 23.7 Å². The van der Waals surface area contributed by atoms with Crippen molar-refractivity contribution in [3.8, 4) is 5.75 Å². The minimum Gasteiger partial charge on any atom is -0.479 e. The Bertz CT molecular complexity index is 428. The monoisotopic (exact) mass is 226 g/mol. The van der Waals surface area contributed by atoms with Gasteiger partial charge in [0.15, 0.2) is 11.9 Å². The van der Waals surface area contributed by atoms with Gasteiger partial charge in [-0.05, 0) is 26.0 Å². The lowest BCUT2D eigenvalue weighted by molar-refractivity contribution is -0.144. The van der Waals surface area contributed by atoms with Crippen molar-refractivity contribution in [1.29, 1.82) is 0 Å². The predicted octanol–water partition coefficient (Wildman–Crippen LogP) is 1.88. The quantitative estimate of drug-likeness (QED) is 0.796. The fourth-order valence-corrected chi connectivity index (χ4v) is 1.11. The van der Waals surface area contributed by atoms with Crippen LogP contribution in [0.3, 0.4) is 0 Å². The molecule has 86 valence electrons. The number of halogens is 1. The van der Waals surface area contributed by atoms with E-state index >= 15 is 0 Å². The third-order valence-electron chi connectivity index (χ3n) is 1.98. The van der Waals surface area contributed by atoms with Gasteiger partial charge < -0.3 is 9.84 Å². The molecule has 0 fully saturated rings. The summed E-state index contributed by atoms with van der Waals surface area (Å²) in [5.41, 5.74) is -0.0460. The van der Waals surface area contributed by atoms with E-state index in [2.05, 4.69) is 0 Å². The molecule has 5 heteroatoms. The normalized spacial score (nSPS) is 11.9.